The van der Waals surface area contributed by atoms with E-state index < -0.39 is 12.1 Å². The van der Waals surface area contributed by atoms with Crippen LogP contribution < -0.4 is 5.32 Å². The SMILES string of the molecule is O=C(Nc1cccc(C#Cc2cccc(C(=O)O)c2)c1)OCc1ccccc1. The standard InChI is InChI=1S/C23H17NO4/c25-22(26)20-10-4-8-17(14-20)12-13-18-9-5-11-21(15-18)24-23(27)28-16-19-6-2-1-3-7-19/h1-11,14-15H,16H2,(H,24,27)(H,25,26). The topological polar surface area (TPSA) is 75.6 Å². The van der Waals surface area contributed by atoms with E-state index in [1.165, 1.54) is 12.1 Å². The highest BCUT2D eigenvalue weighted by Gasteiger charge is 2.04. The van der Waals surface area contributed by atoms with Crippen LogP contribution in [0.5, 0.6) is 0 Å². The molecular formula is C23H17NO4. The normalized spacial score (nSPS) is 9.71. The summed E-state index contributed by atoms with van der Waals surface area (Å²) in [6.45, 7) is 0.187. The van der Waals surface area contributed by atoms with Crippen molar-refractivity contribution >= 4 is 17.7 Å². The summed E-state index contributed by atoms with van der Waals surface area (Å²) in [5.74, 6) is 4.89. The number of rotatable bonds is 4. The maximum atomic E-state index is 12.0. The minimum absolute atomic E-state index is 0.184. The van der Waals surface area contributed by atoms with Gasteiger partial charge in [0.1, 0.15) is 6.61 Å². The number of aromatic carboxylic acids is 1. The van der Waals surface area contributed by atoms with Gasteiger partial charge in [-0.3, -0.25) is 5.32 Å². The largest absolute Gasteiger partial charge is 0.478 e. The summed E-state index contributed by atoms with van der Waals surface area (Å²) in [6.07, 6.45) is -0.553. The molecule has 5 heteroatoms. The molecule has 0 spiro atoms. The lowest BCUT2D eigenvalue weighted by Gasteiger charge is -2.07. The third-order valence-electron chi connectivity index (χ3n) is 3.78. The molecule has 3 rings (SSSR count). The molecule has 5 nitrogen and oxygen atoms in total. The van der Waals surface area contributed by atoms with E-state index in [-0.39, 0.29) is 12.2 Å². The van der Waals surface area contributed by atoms with Crippen LogP contribution in [0.3, 0.4) is 0 Å². The van der Waals surface area contributed by atoms with Gasteiger partial charge in [-0.25, -0.2) is 9.59 Å². The number of ether oxygens (including phenoxy) is 1. The highest BCUT2D eigenvalue weighted by Crippen LogP contribution is 2.11. The van der Waals surface area contributed by atoms with Crippen LogP contribution in [0.4, 0.5) is 10.5 Å². The third kappa shape index (κ3) is 5.48. The maximum absolute atomic E-state index is 12.0. The molecule has 0 aliphatic carbocycles. The molecule has 2 N–H and O–H groups in total. The van der Waals surface area contributed by atoms with E-state index in [9.17, 15) is 9.59 Å². The molecule has 0 unspecified atom stereocenters. The highest BCUT2D eigenvalue weighted by atomic mass is 16.5. The quantitative estimate of drug-likeness (QED) is 0.661. The van der Waals surface area contributed by atoms with E-state index in [0.29, 0.717) is 16.8 Å². The molecule has 0 aliphatic rings. The Balaban J connectivity index is 1.63. The van der Waals surface area contributed by atoms with Gasteiger partial charge >= 0.3 is 12.1 Å². The molecule has 0 atom stereocenters. The predicted octanol–water partition coefficient (Wildman–Crippen LogP) is 4.53. The average Bonchev–Trinajstić information content (AvgIpc) is 2.72. The molecule has 0 radical (unpaired) electrons. The molecule has 3 aromatic carbocycles. The Hall–Kier alpha value is -4.04. The van der Waals surface area contributed by atoms with E-state index in [1.807, 2.05) is 30.3 Å². The number of nitrogens with one attached hydrogen (secondary N) is 1. The van der Waals surface area contributed by atoms with Crippen LogP contribution in [0.15, 0.2) is 78.9 Å². The van der Waals surface area contributed by atoms with Gasteiger partial charge in [-0.05, 0) is 42.0 Å². The maximum Gasteiger partial charge on any atom is 0.411 e. The smallest absolute Gasteiger partial charge is 0.411 e. The van der Waals surface area contributed by atoms with Crippen LogP contribution >= 0.6 is 0 Å². The number of hydrogen-bond acceptors (Lipinski definition) is 3. The molecule has 1 amide bonds. The number of carbonyl (C=O) groups excluding carboxylic acids is 1. The van der Waals surface area contributed by atoms with E-state index in [1.54, 1.807) is 36.4 Å². The van der Waals surface area contributed by atoms with Gasteiger partial charge in [-0.1, -0.05) is 54.3 Å². The van der Waals surface area contributed by atoms with Gasteiger partial charge in [0, 0.05) is 16.8 Å². The second kappa shape index (κ2) is 9.06. The van der Waals surface area contributed by atoms with Crippen molar-refractivity contribution in [3.8, 4) is 11.8 Å². The number of carbonyl (C=O) groups is 2. The second-order valence-corrected chi connectivity index (χ2v) is 5.90. The van der Waals surface area contributed by atoms with Gasteiger partial charge < -0.3 is 9.84 Å². The van der Waals surface area contributed by atoms with Crippen molar-refractivity contribution in [2.24, 2.45) is 0 Å². The molecular weight excluding hydrogens is 354 g/mol. The number of anilines is 1. The van der Waals surface area contributed by atoms with Crippen LogP contribution in [0.2, 0.25) is 0 Å². The van der Waals surface area contributed by atoms with E-state index in [4.69, 9.17) is 9.84 Å². The number of benzene rings is 3. The predicted molar refractivity (Wildman–Crippen MR) is 106 cm³/mol. The fraction of sp³-hybridized carbons (Fsp3) is 0.0435. The Morgan fingerprint density at radius 3 is 2.25 bits per heavy atom. The van der Waals surface area contributed by atoms with Crippen molar-refractivity contribution in [3.05, 3.63) is 101 Å². The van der Waals surface area contributed by atoms with E-state index in [2.05, 4.69) is 17.2 Å². The first-order valence-electron chi connectivity index (χ1n) is 8.53. The number of carboxylic acids is 1. The minimum Gasteiger partial charge on any atom is -0.478 e. The Bertz CT molecular complexity index is 1050. The van der Waals surface area contributed by atoms with Crippen LogP contribution in [0.25, 0.3) is 0 Å². The molecule has 0 aliphatic heterocycles. The Kier molecular flexibility index (Phi) is 6.06. The summed E-state index contributed by atoms with van der Waals surface area (Å²) in [5, 5.41) is 11.7. The molecule has 0 heterocycles. The third-order valence-corrected chi connectivity index (χ3v) is 3.78. The summed E-state index contributed by atoms with van der Waals surface area (Å²) in [7, 11) is 0. The van der Waals surface area contributed by atoms with Crippen molar-refractivity contribution in [1.29, 1.82) is 0 Å². The lowest BCUT2D eigenvalue weighted by Crippen LogP contribution is -2.13. The first kappa shape index (κ1) is 18.7. The lowest BCUT2D eigenvalue weighted by molar-refractivity contribution is 0.0696. The van der Waals surface area contributed by atoms with Crippen molar-refractivity contribution in [3.63, 3.8) is 0 Å². The van der Waals surface area contributed by atoms with Crippen LogP contribution in [-0.4, -0.2) is 17.2 Å². The van der Waals surface area contributed by atoms with Crippen molar-refractivity contribution in [1.82, 2.24) is 0 Å². The number of hydrogen-bond donors (Lipinski definition) is 2. The summed E-state index contributed by atoms with van der Waals surface area (Å²) >= 11 is 0. The summed E-state index contributed by atoms with van der Waals surface area (Å²) in [6, 6.07) is 22.8. The first-order valence-corrected chi connectivity index (χ1v) is 8.53. The van der Waals surface area contributed by atoms with Crippen LogP contribution in [-0.2, 0) is 11.3 Å². The monoisotopic (exact) mass is 371 g/mol. The van der Waals surface area contributed by atoms with Gasteiger partial charge in [-0.15, -0.1) is 0 Å². The van der Waals surface area contributed by atoms with Gasteiger partial charge in [-0.2, -0.15) is 0 Å². The van der Waals surface area contributed by atoms with Gasteiger partial charge in [0.05, 0.1) is 5.56 Å². The highest BCUT2D eigenvalue weighted by molar-refractivity contribution is 5.88. The van der Waals surface area contributed by atoms with Gasteiger partial charge in [0.15, 0.2) is 0 Å². The summed E-state index contributed by atoms with van der Waals surface area (Å²) in [5.41, 5.74) is 2.93. The Morgan fingerprint density at radius 1 is 0.857 bits per heavy atom. The van der Waals surface area contributed by atoms with E-state index >= 15 is 0 Å². The Labute approximate surface area is 162 Å². The minimum atomic E-state index is -0.996. The Morgan fingerprint density at radius 2 is 1.54 bits per heavy atom. The van der Waals surface area contributed by atoms with Crippen molar-refractivity contribution in [2.75, 3.05) is 5.32 Å². The first-order chi connectivity index (χ1) is 13.6. The van der Waals surface area contributed by atoms with Gasteiger partial charge in [0.25, 0.3) is 0 Å². The summed E-state index contributed by atoms with van der Waals surface area (Å²) in [4.78, 5) is 23.0. The molecule has 0 saturated carbocycles. The fourth-order valence-electron chi connectivity index (χ4n) is 2.43. The summed E-state index contributed by atoms with van der Waals surface area (Å²) < 4.78 is 5.20. The zero-order valence-corrected chi connectivity index (χ0v) is 14.9. The van der Waals surface area contributed by atoms with Crippen molar-refractivity contribution < 1.29 is 19.4 Å². The zero-order valence-electron chi connectivity index (χ0n) is 14.9. The lowest BCUT2D eigenvalue weighted by atomic mass is 10.1. The molecule has 0 saturated heterocycles. The molecule has 138 valence electrons. The van der Waals surface area contributed by atoms with E-state index in [0.717, 1.165) is 5.56 Å². The zero-order chi connectivity index (χ0) is 19.8. The van der Waals surface area contributed by atoms with Gasteiger partial charge in [0.2, 0.25) is 0 Å². The fourth-order valence-corrected chi connectivity index (χ4v) is 2.43. The second-order valence-electron chi connectivity index (χ2n) is 5.90. The molecule has 3 aromatic rings. The molecule has 0 aromatic heterocycles. The van der Waals surface area contributed by atoms with Crippen molar-refractivity contribution in [2.45, 2.75) is 6.61 Å². The number of carboxylic acid groups (broad SMARTS) is 1. The van der Waals surface area contributed by atoms with Crippen LogP contribution in [0.1, 0.15) is 27.0 Å². The number of amides is 1. The average molecular weight is 371 g/mol. The molecule has 28 heavy (non-hydrogen) atoms. The van der Waals surface area contributed by atoms with Crippen LogP contribution in [0, 0.1) is 11.8 Å². The molecule has 0 fully saturated rings. The molecule has 0 bridgehead atoms.